The number of aromatic nitrogens is 3. The molecule has 4 N–H and O–H groups in total. The molecule has 1 aliphatic heterocycles. The van der Waals surface area contributed by atoms with Gasteiger partial charge in [-0.15, -0.1) is 0 Å². The Morgan fingerprint density at radius 1 is 1.19 bits per heavy atom. The lowest BCUT2D eigenvalue weighted by Crippen LogP contribution is -2.34. The molecular formula is C26H24ClFN6OS. The molecular weight excluding hydrogens is 499 g/mol. The van der Waals surface area contributed by atoms with E-state index in [-0.39, 0.29) is 28.5 Å². The molecule has 36 heavy (non-hydrogen) atoms. The molecule has 10 heteroatoms. The third kappa shape index (κ3) is 3.65. The fraction of sp³-hybridized carbons (Fsp3) is 0.269. The Morgan fingerprint density at radius 3 is 2.83 bits per heavy atom. The normalized spacial score (nSPS) is 23.0. The molecule has 184 valence electrons. The van der Waals surface area contributed by atoms with E-state index in [1.807, 2.05) is 24.3 Å². The molecule has 0 unspecified atom stereocenters. The largest absolute Gasteiger partial charge is 0.382 e. The van der Waals surface area contributed by atoms with Crippen LogP contribution in [0.5, 0.6) is 0 Å². The molecule has 0 amide bonds. The van der Waals surface area contributed by atoms with E-state index in [1.165, 1.54) is 22.2 Å². The summed E-state index contributed by atoms with van der Waals surface area (Å²) in [5.41, 5.74) is 12.8. The number of nitrogen functional groups attached to an aromatic ring is 1. The van der Waals surface area contributed by atoms with Crippen LogP contribution in [0.25, 0.3) is 5.65 Å². The molecule has 0 radical (unpaired) electrons. The van der Waals surface area contributed by atoms with Crippen molar-refractivity contribution in [2.24, 2.45) is 17.6 Å². The van der Waals surface area contributed by atoms with Gasteiger partial charge in [0, 0.05) is 53.3 Å². The zero-order valence-corrected chi connectivity index (χ0v) is 20.8. The van der Waals surface area contributed by atoms with Gasteiger partial charge in [0.1, 0.15) is 23.1 Å². The first-order valence-electron chi connectivity index (χ1n) is 11.7. The van der Waals surface area contributed by atoms with Crippen LogP contribution in [0.15, 0.2) is 75.5 Å². The van der Waals surface area contributed by atoms with Crippen molar-refractivity contribution in [3.05, 3.63) is 87.7 Å². The van der Waals surface area contributed by atoms with E-state index < -0.39 is 0 Å². The second-order valence-electron chi connectivity index (χ2n) is 9.33. The minimum Gasteiger partial charge on any atom is -0.382 e. The van der Waals surface area contributed by atoms with Gasteiger partial charge in [0.2, 0.25) is 0 Å². The number of nitrogens with two attached hydrogens (primary N) is 2. The maximum absolute atomic E-state index is 14.7. The summed E-state index contributed by atoms with van der Waals surface area (Å²) in [5.74, 6) is 1.26. The lowest BCUT2D eigenvalue weighted by atomic mass is 9.91. The van der Waals surface area contributed by atoms with Crippen LogP contribution < -0.4 is 21.9 Å². The van der Waals surface area contributed by atoms with E-state index in [0.29, 0.717) is 41.1 Å². The highest BCUT2D eigenvalue weighted by Crippen LogP contribution is 2.63. The third-order valence-electron chi connectivity index (χ3n) is 7.59. The molecule has 2 fully saturated rings. The maximum atomic E-state index is 14.7. The highest BCUT2D eigenvalue weighted by molar-refractivity contribution is 7.99. The van der Waals surface area contributed by atoms with Gasteiger partial charge in [-0.3, -0.25) is 9.20 Å². The van der Waals surface area contributed by atoms with Crippen LogP contribution in [0, 0.1) is 17.7 Å². The van der Waals surface area contributed by atoms with E-state index in [0.717, 1.165) is 22.8 Å². The molecule has 0 spiro atoms. The maximum Gasteiger partial charge on any atom is 0.259 e. The third-order valence-corrected chi connectivity index (χ3v) is 9.14. The Balaban J connectivity index is 1.27. The van der Waals surface area contributed by atoms with Gasteiger partial charge >= 0.3 is 0 Å². The zero-order valence-electron chi connectivity index (χ0n) is 19.3. The van der Waals surface area contributed by atoms with Crippen LogP contribution in [0.3, 0.4) is 0 Å². The van der Waals surface area contributed by atoms with Crippen molar-refractivity contribution in [1.82, 2.24) is 14.4 Å². The minimum atomic E-state index is -0.351. The van der Waals surface area contributed by atoms with E-state index in [1.54, 1.807) is 30.6 Å². The standard InChI is InChI=1S/C26H24ClFN6OS/c27-24-20(7-9-31-25(24)30)36-15-5-6-21-32-22(11-23(35)34(21)12-15)33-10-8-16-18(13-33)26(16,14-29)17-3-1-2-4-19(17)28/h1-7,9,11-12,16,18H,8,10,13-14,29H2,(H2,30,31)/t16-,18+,26-/m1/s1. The first-order chi connectivity index (χ1) is 17.4. The number of fused-ring (bicyclic) bond motifs is 2. The predicted molar refractivity (Wildman–Crippen MR) is 140 cm³/mol. The van der Waals surface area contributed by atoms with Crippen LogP contribution in [0.1, 0.15) is 12.0 Å². The molecule has 1 saturated heterocycles. The molecule has 6 rings (SSSR count). The zero-order chi connectivity index (χ0) is 25.0. The molecule has 1 aromatic carbocycles. The van der Waals surface area contributed by atoms with Gasteiger partial charge in [0.25, 0.3) is 5.56 Å². The summed E-state index contributed by atoms with van der Waals surface area (Å²) in [4.78, 5) is 25.5. The lowest BCUT2D eigenvalue weighted by Gasteiger charge is -2.27. The first kappa shape index (κ1) is 23.3. The molecule has 3 atom stereocenters. The Hall–Kier alpha value is -3.14. The van der Waals surface area contributed by atoms with Gasteiger partial charge in [0.05, 0.1) is 5.02 Å². The fourth-order valence-electron chi connectivity index (χ4n) is 5.78. The summed E-state index contributed by atoms with van der Waals surface area (Å²) in [6, 6.07) is 14.0. The first-order valence-corrected chi connectivity index (χ1v) is 12.9. The molecule has 3 aromatic heterocycles. The smallest absolute Gasteiger partial charge is 0.259 e. The fourth-order valence-corrected chi connectivity index (χ4v) is 6.87. The summed E-state index contributed by atoms with van der Waals surface area (Å²) in [5, 5.41) is 0.385. The van der Waals surface area contributed by atoms with Gasteiger partial charge in [-0.1, -0.05) is 41.6 Å². The van der Waals surface area contributed by atoms with Gasteiger partial charge in [-0.05, 0) is 48.1 Å². The number of nitrogens with zero attached hydrogens (tertiary/aromatic N) is 4. The number of pyridine rings is 2. The van der Waals surface area contributed by atoms with E-state index in [2.05, 4.69) is 9.88 Å². The second-order valence-corrected chi connectivity index (χ2v) is 10.8. The summed E-state index contributed by atoms with van der Waals surface area (Å²) in [6.45, 7) is 1.84. The average Bonchev–Trinajstić information content (AvgIpc) is 3.55. The highest BCUT2D eigenvalue weighted by atomic mass is 35.5. The summed E-state index contributed by atoms with van der Waals surface area (Å²) < 4.78 is 16.2. The van der Waals surface area contributed by atoms with Crippen molar-refractivity contribution in [1.29, 1.82) is 0 Å². The SMILES string of the molecule is NC[C@]1(c2ccccc2F)[C@@H]2CCN(c3cc(=O)n4cc(Sc5ccnc(N)c5Cl)ccc4n3)C[C@@H]21. The Kier molecular flexibility index (Phi) is 5.66. The Bertz CT molecular complexity index is 1550. The summed E-state index contributed by atoms with van der Waals surface area (Å²) in [6.07, 6.45) is 4.22. The number of rotatable bonds is 5. The minimum absolute atomic E-state index is 0.171. The molecule has 0 bridgehead atoms. The van der Waals surface area contributed by atoms with Crippen molar-refractivity contribution in [3.63, 3.8) is 0 Å². The number of benzene rings is 1. The molecule has 7 nitrogen and oxygen atoms in total. The van der Waals surface area contributed by atoms with Crippen LogP contribution in [0.2, 0.25) is 5.02 Å². The van der Waals surface area contributed by atoms with Crippen molar-refractivity contribution < 1.29 is 4.39 Å². The summed E-state index contributed by atoms with van der Waals surface area (Å²) >= 11 is 7.67. The van der Waals surface area contributed by atoms with E-state index in [9.17, 15) is 9.18 Å². The van der Waals surface area contributed by atoms with Crippen LogP contribution in [0.4, 0.5) is 16.0 Å². The van der Waals surface area contributed by atoms with Crippen molar-refractivity contribution in [2.75, 3.05) is 30.3 Å². The number of piperidine rings is 1. The van der Waals surface area contributed by atoms with Crippen LogP contribution >= 0.6 is 23.4 Å². The second kappa shape index (κ2) is 8.76. The van der Waals surface area contributed by atoms with Crippen molar-refractivity contribution in [2.45, 2.75) is 21.6 Å². The number of hydrogen-bond donors (Lipinski definition) is 2. The van der Waals surface area contributed by atoms with Gasteiger partial charge in [-0.25, -0.2) is 14.4 Å². The monoisotopic (exact) mass is 522 g/mol. The number of halogens is 2. The van der Waals surface area contributed by atoms with Crippen molar-refractivity contribution >= 4 is 40.6 Å². The van der Waals surface area contributed by atoms with E-state index >= 15 is 0 Å². The lowest BCUT2D eigenvalue weighted by molar-refractivity contribution is 0.533. The van der Waals surface area contributed by atoms with Crippen LogP contribution in [-0.4, -0.2) is 34.0 Å². The Morgan fingerprint density at radius 2 is 2.03 bits per heavy atom. The van der Waals surface area contributed by atoms with Crippen molar-refractivity contribution in [3.8, 4) is 0 Å². The molecule has 4 aromatic rings. The quantitative estimate of drug-likeness (QED) is 0.409. The van der Waals surface area contributed by atoms with Gasteiger partial charge in [0.15, 0.2) is 0 Å². The predicted octanol–water partition coefficient (Wildman–Crippen LogP) is 3.97. The average molecular weight is 523 g/mol. The molecule has 4 heterocycles. The molecule has 2 aliphatic rings. The van der Waals surface area contributed by atoms with E-state index in [4.69, 9.17) is 28.1 Å². The highest BCUT2D eigenvalue weighted by Gasteiger charge is 2.66. The number of anilines is 2. The van der Waals surface area contributed by atoms with Gasteiger partial charge in [-0.2, -0.15) is 0 Å². The Labute approximate surface area is 216 Å². The van der Waals surface area contributed by atoms with Gasteiger partial charge < -0.3 is 16.4 Å². The molecule has 1 saturated carbocycles. The number of hydrogen-bond acceptors (Lipinski definition) is 7. The topological polar surface area (TPSA) is 103 Å². The molecule has 1 aliphatic carbocycles. The van der Waals surface area contributed by atoms with Crippen LogP contribution in [-0.2, 0) is 5.41 Å². The summed E-state index contributed by atoms with van der Waals surface area (Å²) in [7, 11) is 0.